The van der Waals surface area contributed by atoms with Gasteiger partial charge in [0.05, 0.1) is 0 Å². The molecule has 0 aliphatic heterocycles. The quantitative estimate of drug-likeness (QED) is 0.0261. The van der Waals surface area contributed by atoms with Gasteiger partial charge < -0.3 is 14.2 Å². The molecule has 0 saturated heterocycles. The highest BCUT2D eigenvalue weighted by Crippen LogP contribution is 2.19. The van der Waals surface area contributed by atoms with E-state index in [0.717, 1.165) is 77.0 Å². The van der Waals surface area contributed by atoms with Crippen LogP contribution in [0.1, 0.15) is 419 Å². The highest BCUT2D eigenvalue weighted by Gasteiger charge is 2.20. The first-order chi connectivity index (χ1) is 41.0. The van der Waals surface area contributed by atoms with Gasteiger partial charge in [-0.1, -0.05) is 378 Å². The van der Waals surface area contributed by atoms with Crippen LogP contribution in [0, 0.1) is 0 Å². The van der Waals surface area contributed by atoms with Gasteiger partial charge in [0, 0.05) is 19.3 Å². The average molecular weight is 1170 g/mol. The van der Waals surface area contributed by atoms with Crippen LogP contribution >= 0.6 is 0 Å². The van der Waals surface area contributed by atoms with E-state index < -0.39 is 6.10 Å². The smallest absolute Gasteiger partial charge is 0.306 e. The molecule has 0 rings (SSSR count). The number of rotatable bonds is 70. The lowest BCUT2D eigenvalue weighted by Gasteiger charge is -2.18. The Morgan fingerprint density at radius 2 is 0.434 bits per heavy atom. The van der Waals surface area contributed by atoms with E-state index in [0.29, 0.717) is 19.3 Å². The minimum absolute atomic E-state index is 0.0717. The summed E-state index contributed by atoms with van der Waals surface area (Å²) >= 11 is 0. The first-order valence-electron chi connectivity index (χ1n) is 37.5. The van der Waals surface area contributed by atoms with E-state index in [9.17, 15) is 14.4 Å². The molecule has 0 N–H and O–H groups in total. The van der Waals surface area contributed by atoms with Crippen molar-refractivity contribution in [1.82, 2.24) is 0 Å². The van der Waals surface area contributed by atoms with Gasteiger partial charge in [-0.15, -0.1) is 0 Å². The SMILES string of the molecule is CCCCCCC/C=C\C/C=C\C/C=C\CCCCCCCCC(=O)OC(COC(=O)CCCCCCCCCCCCCCCC)COC(=O)CCCCCCCCCCCCCCCCCCCCCCCCCCCCCCCC. The summed E-state index contributed by atoms with van der Waals surface area (Å²) in [4.78, 5) is 38.5. The Balaban J connectivity index is 4.20. The summed E-state index contributed by atoms with van der Waals surface area (Å²) in [5.74, 6) is -0.853. The Kier molecular flexibility index (Phi) is 70.0. The maximum atomic E-state index is 13.0. The lowest BCUT2D eigenvalue weighted by molar-refractivity contribution is -0.167. The van der Waals surface area contributed by atoms with Gasteiger partial charge in [0.15, 0.2) is 6.10 Å². The first kappa shape index (κ1) is 80.6. The Labute approximate surface area is 518 Å². The highest BCUT2D eigenvalue weighted by atomic mass is 16.6. The van der Waals surface area contributed by atoms with Crippen LogP contribution in [-0.4, -0.2) is 37.2 Å². The number of unbranched alkanes of at least 4 members (excludes halogenated alkanes) is 53. The molecular formula is C77H144O6. The third kappa shape index (κ3) is 70.3. The maximum Gasteiger partial charge on any atom is 0.306 e. The van der Waals surface area contributed by atoms with Crippen LogP contribution in [-0.2, 0) is 28.6 Å². The Morgan fingerprint density at radius 3 is 0.675 bits per heavy atom. The number of esters is 3. The highest BCUT2D eigenvalue weighted by molar-refractivity contribution is 5.71. The molecule has 488 valence electrons. The molecule has 0 aliphatic carbocycles. The zero-order chi connectivity index (χ0) is 59.9. The number of hydrogen-bond donors (Lipinski definition) is 0. The Morgan fingerprint density at radius 1 is 0.241 bits per heavy atom. The van der Waals surface area contributed by atoms with Gasteiger partial charge in [-0.05, 0) is 57.8 Å². The predicted molar refractivity (Wildman–Crippen MR) is 362 cm³/mol. The van der Waals surface area contributed by atoms with Crippen LogP contribution in [0.25, 0.3) is 0 Å². The monoisotopic (exact) mass is 1170 g/mol. The number of carbonyl (C=O) groups excluding carboxylic acids is 3. The molecule has 83 heavy (non-hydrogen) atoms. The molecule has 6 nitrogen and oxygen atoms in total. The van der Waals surface area contributed by atoms with Crippen LogP contribution in [0.4, 0.5) is 0 Å². The molecule has 0 heterocycles. The van der Waals surface area contributed by atoms with Crippen LogP contribution < -0.4 is 0 Å². The molecule has 6 heteroatoms. The summed E-state index contributed by atoms with van der Waals surface area (Å²) < 4.78 is 17.0. The van der Waals surface area contributed by atoms with Crippen molar-refractivity contribution in [1.29, 1.82) is 0 Å². The minimum atomic E-state index is -0.777. The van der Waals surface area contributed by atoms with Crippen LogP contribution in [0.3, 0.4) is 0 Å². The van der Waals surface area contributed by atoms with Crippen molar-refractivity contribution < 1.29 is 28.6 Å². The molecule has 0 aromatic carbocycles. The van der Waals surface area contributed by atoms with Crippen molar-refractivity contribution in [2.24, 2.45) is 0 Å². The molecule has 1 atom stereocenters. The van der Waals surface area contributed by atoms with Crippen molar-refractivity contribution in [2.75, 3.05) is 13.2 Å². The molecule has 0 amide bonds. The first-order valence-corrected chi connectivity index (χ1v) is 37.5. The van der Waals surface area contributed by atoms with E-state index >= 15 is 0 Å². The topological polar surface area (TPSA) is 78.9 Å². The molecule has 0 bridgehead atoms. The van der Waals surface area contributed by atoms with Gasteiger partial charge in [-0.25, -0.2) is 0 Å². The molecule has 0 saturated carbocycles. The van der Waals surface area contributed by atoms with E-state index in [1.165, 1.54) is 302 Å². The van der Waals surface area contributed by atoms with Crippen molar-refractivity contribution in [3.63, 3.8) is 0 Å². The number of carbonyl (C=O) groups is 3. The van der Waals surface area contributed by atoms with Crippen molar-refractivity contribution >= 4 is 17.9 Å². The summed E-state index contributed by atoms with van der Waals surface area (Å²) in [6.07, 6.45) is 90.5. The molecule has 0 radical (unpaired) electrons. The van der Waals surface area contributed by atoms with Gasteiger partial charge in [0.2, 0.25) is 0 Å². The Hall–Kier alpha value is -2.37. The Bertz CT molecular complexity index is 1380. The average Bonchev–Trinajstić information content (AvgIpc) is 3.49. The van der Waals surface area contributed by atoms with Crippen LogP contribution in [0.15, 0.2) is 36.5 Å². The standard InChI is InChI=1S/C77H144O6/c1-4-7-10-13-16-19-22-25-28-30-32-34-35-36-37-38-39-40-41-42-44-45-47-49-52-55-58-61-64-67-70-76(79)82-73-74(72-81-75(78)69-66-63-60-57-54-51-27-24-21-18-15-12-9-6-3)83-77(80)71-68-65-62-59-56-53-50-48-46-43-33-31-29-26-23-20-17-14-11-8-5-2/h23,26,31,33,46,48,74H,4-22,24-25,27-30,32,34-45,47,49-73H2,1-3H3/b26-23-,33-31-,48-46-. The molecule has 0 aromatic rings. The largest absolute Gasteiger partial charge is 0.462 e. The fourth-order valence-electron chi connectivity index (χ4n) is 11.5. The molecule has 0 aliphatic rings. The van der Waals surface area contributed by atoms with E-state index in [2.05, 4.69) is 57.2 Å². The molecule has 1 unspecified atom stereocenters. The fourth-order valence-corrected chi connectivity index (χ4v) is 11.5. The van der Waals surface area contributed by atoms with Gasteiger partial charge >= 0.3 is 17.9 Å². The van der Waals surface area contributed by atoms with Crippen LogP contribution in [0.5, 0.6) is 0 Å². The maximum absolute atomic E-state index is 13.0. The molecular weight excluding hydrogens is 1020 g/mol. The lowest BCUT2D eigenvalue weighted by Crippen LogP contribution is -2.30. The zero-order valence-electron chi connectivity index (χ0n) is 56.2. The summed E-state index contributed by atoms with van der Waals surface area (Å²) in [7, 11) is 0. The van der Waals surface area contributed by atoms with Crippen molar-refractivity contribution in [2.45, 2.75) is 425 Å². The summed E-state index contributed by atoms with van der Waals surface area (Å²) in [6, 6.07) is 0. The zero-order valence-corrected chi connectivity index (χ0v) is 56.2. The van der Waals surface area contributed by atoms with E-state index in [-0.39, 0.29) is 31.1 Å². The number of hydrogen-bond acceptors (Lipinski definition) is 6. The molecule has 0 aromatic heterocycles. The second-order valence-electron chi connectivity index (χ2n) is 25.6. The number of allylic oxidation sites excluding steroid dienone is 6. The molecule has 0 spiro atoms. The van der Waals surface area contributed by atoms with Crippen LogP contribution in [0.2, 0.25) is 0 Å². The second-order valence-corrected chi connectivity index (χ2v) is 25.6. The fraction of sp³-hybridized carbons (Fsp3) is 0.883. The predicted octanol–water partition coefficient (Wildman–Crippen LogP) is 25.9. The van der Waals surface area contributed by atoms with Gasteiger partial charge in [0.1, 0.15) is 13.2 Å². The second kappa shape index (κ2) is 72.1. The van der Waals surface area contributed by atoms with Gasteiger partial charge in [0.25, 0.3) is 0 Å². The summed E-state index contributed by atoms with van der Waals surface area (Å²) in [6.45, 7) is 6.70. The summed E-state index contributed by atoms with van der Waals surface area (Å²) in [5.41, 5.74) is 0. The minimum Gasteiger partial charge on any atom is -0.462 e. The van der Waals surface area contributed by atoms with E-state index in [4.69, 9.17) is 14.2 Å². The van der Waals surface area contributed by atoms with Crippen molar-refractivity contribution in [3.05, 3.63) is 36.5 Å². The number of ether oxygens (including phenoxy) is 3. The third-order valence-corrected chi connectivity index (χ3v) is 17.1. The van der Waals surface area contributed by atoms with E-state index in [1.807, 2.05) is 0 Å². The van der Waals surface area contributed by atoms with Gasteiger partial charge in [-0.2, -0.15) is 0 Å². The molecule has 0 fully saturated rings. The third-order valence-electron chi connectivity index (χ3n) is 17.1. The van der Waals surface area contributed by atoms with E-state index in [1.54, 1.807) is 0 Å². The lowest BCUT2D eigenvalue weighted by atomic mass is 10.0. The van der Waals surface area contributed by atoms with Crippen molar-refractivity contribution in [3.8, 4) is 0 Å². The van der Waals surface area contributed by atoms with Gasteiger partial charge in [-0.3, -0.25) is 14.4 Å². The normalized spacial score (nSPS) is 12.2. The summed E-state index contributed by atoms with van der Waals surface area (Å²) in [5, 5.41) is 0.